The Hall–Kier alpha value is -4.37. The smallest absolute Gasteiger partial charge is 0.483 e. The van der Waals surface area contributed by atoms with Crippen molar-refractivity contribution in [1.29, 1.82) is 0 Å². The monoisotopic (exact) mass is 621 g/mol. The third-order valence-electron chi connectivity index (χ3n) is 5.73. The minimum absolute atomic E-state index is 0.0629. The predicted octanol–water partition coefficient (Wildman–Crippen LogP) is 6.17. The number of nitrogens with one attached hydrogen (secondary N) is 1. The molecule has 1 saturated heterocycles. The van der Waals surface area contributed by atoms with Crippen LogP contribution in [-0.2, 0) is 15.0 Å². The van der Waals surface area contributed by atoms with Crippen LogP contribution >= 0.6 is 0 Å². The third-order valence-corrected chi connectivity index (χ3v) is 5.73. The maximum Gasteiger partial charge on any atom is 0.490 e. The summed E-state index contributed by atoms with van der Waals surface area (Å²) in [5.41, 5.74) is 2.61. The quantitative estimate of drug-likeness (QED) is 0.233. The molecule has 1 amide bonds. The second kappa shape index (κ2) is 16.9. The minimum Gasteiger partial charge on any atom is -0.483 e. The average molecular weight is 622 g/mol. The zero-order chi connectivity index (χ0) is 32.8. The van der Waals surface area contributed by atoms with Crippen LogP contribution in [0, 0.1) is 0 Å². The van der Waals surface area contributed by atoms with Crippen molar-refractivity contribution in [3.05, 3.63) is 53.7 Å². The van der Waals surface area contributed by atoms with E-state index in [0.29, 0.717) is 11.4 Å². The zero-order valence-electron chi connectivity index (χ0n) is 23.6. The number of hydrogen-bond donors (Lipinski definition) is 3. The van der Waals surface area contributed by atoms with E-state index >= 15 is 0 Å². The Kier molecular flexibility index (Phi) is 14.4. The number of carboxylic acid groups (broad SMARTS) is 2. The van der Waals surface area contributed by atoms with Crippen LogP contribution in [0.15, 0.2) is 42.6 Å². The summed E-state index contributed by atoms with van der Waals surface area (Å²) in [4.78, 5) is 36.7. The summed E-state index contributed by atoms with van der Waals surface area (Å²) < 4.78 is 62.5. The molecule has 43 heavy (non-hydrogen) atoms. The number of halogens is 6. The molecule has 16 heteroatoms. The highest BCUT2D eigenvalue weighted by Gasteiger charge is 2.38. The summed E-state index contributed by atoms with van der Waals surface area (Å²) in [7, 11) is 0. The maximum atomic E-state index is 12.6. The van der Waals surface area contributed by atoms with Crippen LogP contribution in [0.3, 0.4) is 0 Å². The van der Waals surface area contributed by atoms with Gasteiger partial charge in [0.2, 0.25) is 0 Å². The highest BCUT2D eigenvalue weighted by atomic mass is 19.4. The largest absolute Gasteiger partial charge is 0.490 e. The van der Waals surface area contributed by atoms with Crippen molar-refractivity contribution in [2.24, 2.45) is 0 Å². The van der Waals surface area contributed by atoms with E-state index in [1.165, 1.54) is 31.2 Å². The van der Waals surface area contributed by atoms with Gasteiger partial charge in [-0.1, -0.05) is 45.7 Å². The number of aromatic nitrogens is 3. The molecule has 0 aliphatic carbocycles. The summed E-state index contributed by atoms with van der Waals surface area (Å²) in [6, 6.07) is 11.7. The number of carbonyl (C=O) groups excluding carboxylic acids is 1. The second-order valence-electron chi connectivity index (χ2n) is 9.96. The zero-order valence-corrected chi connectivity index (χ0v) is 23.6. The number of carboxylic acids is 1. The minimum atomic E-state index is -5.08. The molecule has 238 valence electrons. The molecule has 10 nitrogen and oxygen atoms in total. The lowest BCUT2D eigenvalue weighted by molar-refractivity contribution is -0.192. The lowest BCUT2D eigenvalue weighted by Gasteiger charge is -2.20. The van der Waals surface area contributed by atoms with E-state index in [1.54, 1.807) is 10.7 Å². The van der Waals surface area contributed by atoms with Crippen LogP contribution < -0.4 is 10.2 Å². The first-order chi connectivity index (χ1) is 20.0. The summed E-state index contributed by atoms with van der Waals surface area (Å²) in [5.74, 6) is -1.45. The number of benzene rings is 1. The molecule has 2 aromatic heterocycles. The molecule has 3 N–H and O–H groups in total. The summed E-state index contributed by atoms with van der Waals surface area (Å²) >= 11 is 0. The number of alkyl halides is 6. The van der Waals surface area contributed by atoms with E-state index < -0.39 is 18.8 Å². The van der Waals surface area contributed by atoms with Crippen molar-refractivity contribution in [3.63, 3.8) is 0 Å². The molecule has 0 unspecified atom stereocenters. The maximum absolute atomic E-state index is 12.6. The van der Waals surface area contributed by atoms with Gasteiger partial charge in [-0.25, -0.2) is 14.3 Å². The van der Waals surface area contributed by atoms with Crippen LogP contribution in [0.1, 0.15) is 62.4 Å². The molecule has 3 aromatic rings. The Morgan fingerprint density at radius 1 is 0.953 bits per heavy atom. The first-order valence-corrected chi connectivity index (χ1v) is 12.8. The van der Waals surface area contributed by atoms with Gasteiger partial charge in [0.1, 0.15) is 5.82 Å². The molecule has 3 heterocycles. The number of anilines is 2. The van der Waals surface area contributed by atoms with Crippen LogP contribution in [-0.4, -0.2) is 69.1 Å². The first-order valence-electron chi connectivity index (χ1n) is 12.8. The molecule has 1 aliphatic rings. The fourth-order valence-corrected chi connectivity index (χ4v) is 3.71. The molecule has 0 radical (unpaired) electrons. The van der Waals surface area contributed by atoms with Gasteiger partial charge < -0.3 is 20.4 Å². The molecule has 4 rings (SSSR count). The highest BCUT2D eigenvalue weighted by molar-refractivity contribution is 6.03. The van der Waals surface area contributed by atoms with Gasteiger partial charge in [0, 0.05) is 18.7 Å². The number of rotatable bonds is 3. The normalized spacial score (nSPS) is 13.3. The van der Waals surface area contributed by atoms with Crippen LogP contribution in [0.5, 0.6) is 0 Å². The summed E-state index contributed by atoms with van der Waals surface area (Å²) in [5, 5.41) is 21.6. The Labute approximate surface area is 243 Å². The number of hydrogen-bond acceptors (Lipinski definition) is 6. The van der Waals surface area contributed by atoms with Crippen molar-refractivity contribution in [2.45, 2.75) is 64.7 Å². The Balaban J connectivity index is 0.000000555. The van der Waals surface area contributed by atoms with Crippen LogP contribution in [0.25, 0.3) is 5.65 Å². The molecule has 0 atom stereocenters. The van der Waals surface area contributed by atoms with Gasteiger partial charge in [0.25, 0.3) is 12.4 Å². The fourth-order valence-electron chi connectivity index (χ4n) is 3.71. The van der Waals surface area contributed by atoms with Gasteiger partial charge >= 0.3 is 18.8 Å². The Bertz CT molecular complexity index is 1300. The molecule has 1 fully saturated rings. The summed E-state index contributed by atoms with van der Waals surface area (Å²) in [6.07, 6.45) is 1.68. The number of nitrogens with zero attached hydrogens (tertiary/aromatic N) is 4. The second-order valence-corrected chi connectivity index (χ2v) is 9.96. The molecule has 0 spiro atoms. The van der Waals surface area contributed by atoms with Crippen molar-refractivity contribution in [1.82, 2.24) is 14.6 Å². The molecule has 1 aromatic carbocycles. The van der Waals surface area contributed by atoms with E-state index in [2.05, 4.69) is 36.0 Å². The SMILES string of the molecule is CC(C)(C)c1ccc(C(=O)Nc2cn3nc(N4CCCCCC4)ccc3n2)cc1.FC(F)F.O=C(O)C(F)(F)F.O=CO. The first kappa shape index (κ1) is 36.7. The number of carbonyl (C=O) groups is 3. The number of amides is 1. The van der Waals surface area contributed by atoms with Crippen molar-refractivity contribution >= 4 is 35.6 Å². The predicted molar refractivity (Wildman–Crippen MR) is 146 cm³/mol. The number of imidazole rings is 1. The van der Waals surface area contributed by atoms with Gasteiger partial charge in [-0.05, 0) is 48.1 Å². The Morgan fingerprint density at radius 3 is 1.88 bits per heavy atom. The number of fused-ring (bicyclic) bond motifs is 1. The topological polar surface area (TPSA) is 137 Å². The third kappa shape index (κ3) is 13.4. The standard InChI is InChI=1S/C23H29N5O.C2HF3O2.CHF3.CH2O2/c1-23(2,3)18-10-8-17(9-11-18)22(29)25-19-16-28-20(24-19)12-13-21(26-28)27-14-6-4-5-7-15-27;3-2(4,5)1(6)7;2-1(3)4;2-1-3/h8-13,16H,4-7,14-15H2,1-3H3,(H,25,29);(H,6,7);1H;1H,(H,2,3). The van der Waals surface area contributed by atoms with Crippen molar-refractivity contribution < 1.29 is 50.9 Å². The lowest BCUT2D eigenvalue weighted by atomic mass is 9.87. The molecule has 0 saturated carbocycles. The van der Waals surface area contributed by atoms with Crippen LogP contribution in [0.4, 0.5) is 38.0 Å². The van der Waals surface area contributed by atoms with Crippen molar-refractivity contribution in [3.8, 4) is 0 Å². The van der Waals surface area contributed by atoms with Gasteiger partial charge in [0.05, 0.1) is 6.20 Å². The fraction of sp³-hybridized carbons (Fsp3) is 0.444. The molecular weight excluding hydrogens is 588 g/mol. The molecule has 1 aliphatic heterocycles. The summed E-state index contributed by atoms with van der Waals surface area (Å²) in [6.45, 7) is 4.64. The highest BCUT2D eigenvalue weighted by Crippen LogP contribution is 2.23. The van der Waals surface area contributed by atoms with E-state index in [9.17, 15) is 31.1 Å². The van der Waals surface area contributed by atoms with Crippen LogP contribution in [0.2, 0.25) is 0 Å². The van der Waals surface area contributed by atoms with Gasteiger partial charge in [-0.3, -0.25) is 9.59 Å². The van der Waals surface area contributed by atoms with E-state index in [4.69, 9.17) is 24.9 Å². The van der Waals surface area contributed by atoms with Gasteiger partial charge in [-0.15, -0.1) is 5.10 Å². The van der Waals surface area contributed by atoms with E-state index in [1.807, 2.05) is 36.4 Å². The Morgan fingerprint density at radius 2 is 1.44 bits per heavy atom. The van der Waals surface area contributed by atoms with E-state index in [0.717, 1.165) is 24.6 Å². The van der Waals surface area contributed by atoms with Gasteiger partial charge in [-0.2, -0.15) is 26.3 Å². The molecule has 0 bridgehead atoms. The average Bonchev–Trinajstić information content (AvgIpc) is 3.10. The van der Waals surface area contributed by atoms with Gasteiger partial charge in [0.15, 0.2) is 11.5 Å². The lowest BCUT2D eigenvalue weighted by Crippen LogP contribution is -2.25. The number of aliphatic carboxylic acids is 1. The molecular formula is C27H33F6N5O5. The van der Waals surface area contributed by atoms with E-state index in [-0.39, 0.29) is 17.8 Å². The van der Waals surface area contributed by atoms with Crippen molar-refractivity contribution in [2.75, 3.05) is 23.3 Å².